The summed E-state index contributed by atoms with van der Waals surface area (Å²) >= 11 is 0. The fourth-order valence-electron chi connectivity index (χ4n) is 2.36. The fraction of sp³-hybridized carbons (Fsp3) is 0.375. The number of aliphatic carboxylic acids is 1. The van der Waals surface area contributed by atoms with Gasteiger partial charge in [-0.1, -0.05) is 12.1 Å². The lowest BCUT2D eigenvalue weighted by Gasteiger charge is -2.03. The van der Waals surface area contributed by atoms with Crippen LogP contribution in [0.3, 0.4) is 0 Å². The van der Waals surface area contributed by atoms with Crippen molar-refractivity contribution in [1.29, 1.82) is 0 Å². The van der Waals surface area contributed by atoms with Crippen LogP contribution in [0.5, 0.6) is 0 Å². The summed E-state index contributed by atoms with van der Waals surface area (Å²) in [7, 11) is 0. The molecule has 0 bridgehead atoms. The van der Waals surface area contributed by atoms with Crippen LogP contribution in [-0.4, -0.2) is 11.1 Å². The molecule has 1 heterocycles. The van der Waals surface area contributed by atoms with Gasteiger partial charge in [-0.15, -0.1) is 0 Å². The van der Waals surface area contributed by atoms with Crippen molar-refractivity contribution < 1.29 is 14.5 Å². The maximum atomic E-state index is 10.4. The van der Waals surface area contributed by atoms with Gasteiger partial charge in [0.05, 0.1) is 0 Å². The van der Waals surface area contributed by atoms with Crippen molar-refractivity contribution in [2.45, 2.75) is 39.2 Å². The van der Waals surface area contributed by atoms with E-state index in [4.69, 9.17) is 5.11 Å². The average Bonchev–Trinajstić information content (AvgIpc) is 2.41. The highest BCUT2D eigenvalue weighted by molar-refractivity contribution is 5.78. The molecule has 0 fully saturated rings. The van der Waals surface area contributed by atoms with E-state index >= 15 is 0 Å². The normalized spacial score (nSPS) is 10.8. The highest BCUT2D eigenvalue weighted by Gasteiger charge is 2.09. The Balaban J connectivity index is 2.01. The van der Waals surface area contributed by atoms with Crippen LogP contribution in [0.1, 0.15) is 31.2 Å². The number of para-hydroxylation sites is 1. The second-order valence-corrected chi connectivity index (χ2v) is 4.91. The minimum atomic E-state index is -0.701. The van der Waals surface area contributed by atoms with Gasteiger partial charge >= 0.3 is 5.97 Å². The molecule has 0 aliphatic carbocycles. The zero-order valence-electron chi connectivity index (χ0n) is 11.3. The highest BCUT2D eigenvalue weighted by atomic mass is 16.4. The molecule has 2 aromatic rings. The molecule has 0 unspecified atom stereocenters. The van der Waals surface area contributed by atoms with Gasteiger partial charge in [-0.25, -0.2) is 0 Å². The van der Waals surface area contributed by atoms with Gasteiger partial charge in [-0.3, -0.25) is 4.79 Å². The topological polar surface area (TPSA) is 41.2 Å². The molecule has 0 saturated heterocycles. The van der Waals surface area contributed by atoms with Crippen molar-refractivity contribution in [3.8, 4) is 0 Å². The summed E-state index contributed by atoms with van der Waals surface area (Å²) in [6.45, 7) is 3.07. The van der Waals surface area contributed by atoms with E-state index in [1.54, 1.807) is 0 Å². The Morgan fingerprint density at radius 3 is 2.74 bits per heavy atom. The Bertz CT molecular complexity index is 578. The number of hydrogen-bond acceptors (Lipinski definition) is 1. The number of carbonyl (C=O) groups is 1. The molecule has 0 spiro atoms. The van der Waals surface area contributed by atoms with Crippen molar-refractivity contribution >= 4 is 16.9 Å². The van der Waals surface area contributed by atoms with Crippen LogP contribution in [0, 0.1) is 6.92 Å². The number of fused-ring (bicyclic) bond motifs is 1. The predicted octanol–water partition coefficient (Wildman–Crippen LogP) is 3.08. The summed E-state index contributed by atoms with van der Waals surface area (Å²) in [5, 5.41) is 9.88. The van der Waals surface area contributed by atoms with Crippen LogP contribution >= 0.6 is 0 Å². The second-order valence-electron chi connectivity index (χ2n) is 4.91. The maximum absolute atomic E-state index is 10.4. The molecule has 3 nitrogen and oxygen atoms in total. The largest absolute Gasteiger partial charge is 0.481 e. The Labute approximate surface area is 113 Å². The molecule has 0 saturated carbocycles. The number of aryl methyl sites for hydroxylation is 2. The van der Waals surface area contributed by atoms with Gasteiger partial charge in [-0.05, 0) is 31.4 Å². The lowest BCUT2D eigenvalue weighted by Crippen LogP contribution is -2.34. The van der Waals surface area contributed by atoms with E-state index in [0.717, 1.165) is 25.8 Å². The molecule has 0 amide bonds. The van der Waals surface area contributed by atoms with Crippen molar-refractivity contribution in [2.75, 3.05) is 0 Å². The summed E-state index contributed by atoms with van der Waals surface area (Å²) < 4.78 is 2.25. The Kier molecular flexibility index (Phi) is 4.50. The molecule has 3 heteroatoms. The number of aromatic nitrogens is 1. The molecule has 1 N–H and O–H groups in total. The first kappa shape index (κ1) is 13.5. The third-order valence-electron chi connectivity index (χ3n) is 3.43. The van der Waals surface area contributed by atoms with E-state index in [0.29, 0.717) is 0 Å². The second kappa shape index (κ2) is 6.32. The molecule has 0 aliphatic heterocycles. The molecule has 0 aliphatic rings. The van der Waals surface area contributed by atoms with E-state index in [1.165, 1.54) is 16.5 Å². The minimum absolute atomic E-state index is 0.277. The Hall–Kier alpha value is -1.90. The van der Waals surface area contributed by atoms with Crippen LogP contribution in [0.15, 0.2) is 36.5 Å². The van der Waals surface area contributed by atoms with Crippen LogP contribution in [-0.2, 0) is 11.3 Å². The minimum Gasteiger partial charge on any atom is -0.481 e. The van der Waals surface area contributed by atoms with Gasteiger partial charge < -0.3 is 5.11 Å². The number of benzene rings is 1. The quantitative estimate of drug-likeness (QED) is 0.639. The van der Waals surface area contributed by atoms with Crippen LogP contribution in [0.2, 0.25) is 0 Å². The summed E-state index contributed by atoms with van der Waals surface area (Å²) in [5.74, 6) is -0.701. The lowest BCUT2D eigenvalue weighted by atomic mass is 10.1. The van der Waals surface area contributed by atoms with Crippen molar-refractivity contribution in [3.63, 3.8) is 0 Å². The Morgan fingerprint density at radius 1 is 1.16 bits per heavy atom. The number of carboxylic acid groups (broad SMARTS) is 1. The average molecular weight is 258 g/mol. The summed E-state index contributed by atoms with van der Waals surface area (Å²) in [6.07, 6.45) is 5.14. The monoisotopic (exact) mass is 258 g/mol. The molecule has 1 aromatic heterocycles. The van der Waals surface area contributed by atoms with Gasteiger partial charge in [0.15, 0.2) is 6.20 Å². The number of unbranched alkanes of at least 4 members (excludes halogenated alkanes) is 2. The number of hydrogen-bond donors (Lipinski definition) is 1. The molecule has 0 atom stereocenters. The first-order valence-electron chi connectivity index (χ1n) is 6.78. The maximum Gasteiger partial charge on any atom is 0.303 e. The fourth-order valence-corrected chi connectivity index (χ4v) is 2.36. The number of rotatable bonds is 6. The van der Waals surface area contributed by atoms with Gasteiger partial charge in [0.2, 0.25) is 5.52 Å². The van der Waals surface area contributed by atoms with Crippen molar-refractivity contribution in [3.05, 3.63) is 42.1 Å². The predicted molar refractivity (Wildman–Crippen MR) is 75.0 cm³/mol. The third-order valence-corrected chi connectivity index (χ3v) is 3.43. The molecular formula is C16H20NO2+. The summed E-state index contributed by atoms with van der Waals surface area (Å²) in [5.41, 5.74) is 2.54. The first-order valence-corrected chi connectivity index (χ1v) is 6.78. The highest BCUT2D eigenvalue weighted by Crippen LogP contribution is 2.14. The number of carboxylic acids is 1. The zero-order valence-corrected chi connectivity index (χ0v) is 11.3. The lowest BCUT2D eigenvalue weighted by molar-refractivity contribution is -0.671. The molecule has 2 rings (SSSR count). The first-order chi connectivity index (χ1) is 9.18. The molecular weight excluding hydrogens is 238 g/mol. The molecule has 19 heavy (non-hydrogen) atoms. The summed E-state index contributed by atoms with van der Waals surface area (Å²) in [6, 6.07) is 10.5. The molecule has 1 aromatic carbocycles. The van der Waals surface area contributed by atoms with Gasteiger partial charge in [0.1, 0.15) is 6.54 Å². The van der Waals surface area contributed by atoms with Crippen LogP contribution in [0.25, 0.3) is 10.9 Å². The smallest absolute Gasteiger partial charge is 0.303 e. The SMILES string of the molecule is Cc1cc[n+](CCCCCC(=O)O)c2ccccc12. The van der Waals surface area contributed by atoms with E-state index in [9.17, 15) is 4.79 Å². The molecule has 100 valence electrons. The van der Waals surface area contributed by atoms with Crippen molar-refractivity contribution in [2.24, 2.45) is 0 Å². The van der Waals surface area contributed by atoms with Crippen molar-refractivity contribution in [1.82, 2.24) is 0 Å². The molecule has 0 radical (unpaired) electrons. The number of nitrogens with zero attached hydrogens (tertiary/aromatic N) is 1. The third kappa shape index (κ3) is 3.53. The van der Waals surface area contributed by atoms with E-state index in [1.807, 2.05) is 0 Å². The summed E-state index contributed by atoms with van der Waals surface area (Å²) in [4.78, 5) is 10.4. The van der Waals surface area contributed by atoms with E-state index in [-0.39, 0.29) is 6.42 Å². The van der Waals surface area contributed by atoms with Crippen LogP contribution < -0.4 is 4.57 Å². The number of pyridine rings is 1. The van der Waals surface area contributed by atoms with Gasteiger partial charge in [0, 0.05) is 30.4 Å². The Morgan fingerprint density at radius 2 is 1.95 bits per heavy atom. The zero-order chi connectivity index (χ0) is 13.7. The standard InChI is InChI=1S/C16H19NO2/c1-13-10-12-17(11-6-2-3-9-16(18)19)15-8-5-4-7-14(13)15/h4-5,7-8,10,12H,2-3,6,9,11H2,1H3/p+1. The van der Waals surface area contributed by atoms with E-state index in [2.05, 4.69) is 48.0 Å². The van der Waals surface area contributed by atoms with Crippen LogP contribution in [0.4, 0.5) is 0 Å². The van der Waals surface area contributed by atoms with E-state index < -0.39 is 5.97 Å². The van der Waals surface area contributed by atoms with Gasteiger partial charge in [-0.2, -0.15) is 4.57 Å². The van der Waals surface area contributed by atoms with Gasteiger partial charge in [0.25, 0.3) is 0 Å².